The summed E-state index contributed by atoms with van der Waals surface area (Å²) in [7, 11) is 0. The van der Waals surface area contributed by atoms with E-state index in [1.54, 1.807) is 0 Å². The minimum absolute atomic E-state index is 0.439. The number of nitrogens with two attached hydrogens (primary N) is 1. The highest BCUT2D eigenvalue weighted by atomic mass is 35.5. The van der Waals surface area contributed by atoms with Crippen molar-refractivity contribution in [3.8, 4) is 0 Å². The molecule has 4 nitrogen and oxygen atoms in total. The maximum atomic E-state index is 6.02. The number of nitrogens with zero attached hydrogens (tertiary/aromatic N) is 3. The molecule has 0 saturated heterocycles. The van der Waals surface area contributed by atoms with E-state index in [2.05, 4.69) is 22.4 Å². The summed E-state index contributed by atoms with van der Waals surface area (Å²) in [6.45, 7) is 6.72. The molecule has 0 atom stereocenters. The molecule has 0 amide bonds. The zero-order valence-corrected chi connectivity index (χ0v) is 13.0. The highest BCUT2D eigenvalue weighted by Crippen LogP contribution is 2.17. The molecule has 0 saturated carbocycles. The third kappa shape index (κ3) is 3.81. The summed E-state index contributed by atoms with van der Waals surface area (Å²) in [6.07, 6.45) is 3.93. The molecule has 2 aromatic rings. The monoisotopic (exact) mass is 292 g/mol. The molecule has 0 spiro atoms. The van der Waals surface area contributed by atoms with Crippen LogP contribution in [0.5, 0.6) is 0 Å². The van der Waals surface area contributed by atoms with E-state index in [0.29, 0.717) is 0 Å². The Labute approximate surface area is 124 Å². The van der Waals surface area contributed by atoms with Crippen LogP contribution in [0.25, 0.3) is 0 Å². The zero-order valence-electron chi connectivity index (χ0n) is 12.2. The molecular weight excluding hydrogens is 272 g/mol. The van der Waals surface area contributed by atoms with E-state index in [9.17, 15) is 0 Å². The quantitative estimate of drug-likeness (QED) is 0.921. The third-order valence-corrected chi connectivity index (χ3v) is 3.70. The van der Waals surface area contributed by atoms with Gasteiger partial charge in [0.05, 0.1) is 11.7 Å². The SMILES string of the molecule is Cc1cc(CCCn2cc(C(C)(C)N)nn2)ccc1Cl. The summed E-state index contributed by atoms with van der Waals surface area (Å²) in [5.41, 5.74) is 8.79. The predicted octanol–water partition coefficient (Wildman–Crippen LogP) is 3.07. The Bertz CT molecular complexity index is 584. The van der Waals surface area contributed by atoms with Crippen LogP contribution in [-0.2, 0) is 18.5 Å². The van der Waals surface area contributed by atoms with Crippen molar-refractivity contribution >= 4 is 11.6 Å². The Morgan fingerprint density at radius 2 is 2.10 bits per heavy atom. The lowest BCUT2D eigenvalue weighted by Crippen LogP contribution is -2.29. The highest BCUT2D eigenvalue weighted by Gasteiger charge is 2.17. The molecule has 1 aromatic heterocycles. The van der Waals surface area contributed by atoms with E-state index in [1.807, 2.05) is 37.7 Å². The highest BCUT2D eigenvalue weighted by molar-refractivity contribution is 6.31. The summed E-state index contributed by atoms with van der Waals surface area (Å²) < 4.78 is 1.85. The summed E-state index contributed by atoms with van der Waals surface area (Å²) in [5.74, 6) is 0. The van der Waals surface area contributed by atoms with Crippen molar-refractivity contribution in [2.24, 2.45) is 5.73 Å². The maximum Gasteiger partial charge on any atom is 0.102 e. The van der Waals surface area contributed by atoms with E-state index in [-0.39, 0.29) is 0 Å². The lowest BCUT2D eigenvalue weighted by atomic mass is 10.0. The van der Waals surface area contributed by atoms with Crippen molar-refractivity contribution < 1.29 is 0 Å². The van der Waals surface area contributed by atoms with E-state index in [4.69, 9.17) is 17.3 Å². The fraction of sp³-hybridized carbons (Fsp3) is 0.467. The van der Waals surface area contributed by atoms with Crippen LogP contribution in [0.3, 0.4) is 0 Å². The van der Waals surface area contributed by atoms with Crippen molar-refractivity contribution in [3.63, 3.8) is 0 Å². The van der Waals surface area contributed by atoms with Gasteiger partial charge in [-0.3, -0.25) is 4.68 Å². The van der Waals surface area contributed by atoms with E-state index < -0.39 is 5.54 Å². The lowest BCUT2D eigenvalue weighted by Gasteiger charge is -2.13. The first-order valence-corrected chi connectivity index (χ1v) is 7.18. The van der Waals surface area contributed by atoms with Gasteiger partial charge < -0.3 is 5.73 Å². The molecule has 0 radical (unpaired) electrons. The largest absolute Gasteiger partial charge is 0.320 e. The first kappa shape index (κ1) is 15.0. The van der Waals surface area contributed by atoms with Gasteiger partial charge in [0.1, 0.15) is 5.69 Å². The van der Waals surface area contributed by atoms with Crippen LogP contribution in [0, 0.1) is 6.92 Å². The second-order valence-corrected chi connectivity index (χ2v) is 6.18. The van der Waals surface area contributed by atoms with Crippen molar-refractivity contribution in [1.29, 1.82) is 0 Å². The molecule has 2 N–H and O–H groups in total. The van der Waals surface area contributed by atoms with E-state index in [0.717, 1.165) is 35.7 Å². The molecule has 20 heavy (non-hydrogen) atoms. The minimum Gasteiger partial charge on any atom is -0.320 e. The second kappa shape index (κ2) is 5.94. The Morgan fingerprint density at radius 3 is 2.70 bits per heavy atom. The van der Waals surface area contributed by atoms with E-state index in [1.165, 1.54) is 5.56 Å². The summed E-state index contributed by atoms with van der Waals surface area (Å²) in [5, 5.41) is 9.04. The van der Waals surface area contributed by atoms with Crippen LogP contribution in [0.2, 0.25) is 5.02 Å². The van der Waals surface area contributed by atoms with Gasteiger partial charge in [0.15, 0.2) is 0 Å². The number of hydrogen-bond donors (Lipinski definition) is 1. The Balaban J connectivity index is 1.89. The number of halogens is 1. The third-order valence-electron chi connectivity index (χ3n) is 3.27. The number of benzene rings is 1. The van der Waals surface area contributed by atoms with Gasteiger partial charge in [-0.25, -0.2) is 0 Å². The predicted molar refractivity (Wildman–Crippen MR) is 81.7 cm³/mol. The molecule has 0 unspecified atom stereocenters. The molecule has 1 aromatic carbocycles. The van der Waals surface area contributed by atoms with Crippen LogP contribution >= 0.6 is 11.6 Å². The molecule has 2 rings (SSSR count). The van der Waals surface area contributed by atoms with Crippen molar-refractivity contribution in [2.45, 2.75) is 45.7 Å². The smallest absolute Gasteiger partial charge is 0.102 e. The van der Waals surface area contributed by atoms with Gasteiger partial charge in [-0.2, -0.15) is 0 Å². The molecule has 0 fully saturated rings. The van der Waals surface area contributed by atoms with Crippen LogP contribution in [-0.4, -0.2) is 15.0 Å². The van der Waals surface area contributed by atoms with Gasteiger partial charge in [0, 0.05) is 11.6 Å². The van der Waals surface area contributed by atoms with Crippen LogP contribution in [0.1, 0.15) is 37.1 Å². The number of aryl methyl sites for hydroxylation is 3. The standard InChI is InChI=1S/C15H21ClN4/c1-11-9-12(6-7-13(11)16)5-4-8-20-10-14(18-19-20)15(2,3)17/h6-7,9-10H,4-5,8,17H2,1-3H3. The lowest BCUT2D eigenvalue weighted by molar-refractivity contribution is 0.533. The average molecular weight is 293 g/mol. The van der Waals surface area contributed by atoms with Crippen LogP contribution in [0.4, 0.5) is 0 Å². The summed E-state index contributed by atoms with van der Waals surface area (Å²) >= 11 is 6.02. The number of hydrogen-bond acceptors (Lipinski definition) is 3. The second-order valence-electron chi connectivity index (χ2n) is 5.78. The first-order chi connectivity index (χ1) is 9.36. The van der Waals surface area contributed by atoms with Crippen molar-refractivity contribution in [2.75, 3.05) is 0 Å². The van der Waals surface area contributed by atoms with Gasteiger partial charge in [0.25, 0.3) is 0 Å². The molecule has 5 heteroatoms. The Kier molecular flexibility index (Phi) is 4.45. The van der Waals surface area contributed by atoms with Crippen molar-refractivity contribution in [3.05, 3.63) is 46.2 Å². The normalized spacial score (nSPS) is 11.8. The van der Waals surface area contributed by atoms with Gasteiger partial charge in [-0.1, -0.05) is 28.9 Å². The molecule has 0 bridgehead atoms. The first-order valence-electron chi connectivity index (χ1n) is 6.81. The van der Waals surface area contributed by atoms with Crippen molar-refractivity contribution in [1.82, 2.24) is 15.0 Å². The van der Waals surface area contributed by atoms with Crippen LogP contribution in [0.15, 0.2) is 24.4 Å². The Morgan fingerprint density at radius 1 is 1.35 bits per heavy atom. The van der Waals surface area contributed by atoms with E-state index >= 15 is 0 Å². The molecule has 108 valence electrons. The van der Waals surface area contributed by atoms with Gasteiger partial charge in [0.2, 0.25) is 0 Å². The van der Waals surface area contributed by atoms with Crippen LogP contribution < -0.4 is 5.73 Å². The average Bonchev–Trinajstić information content (AvgIpc) is 2.82. The molecule has 0 aliphatic rings. The summed E-state index contributed by atoms with van der Waals surface area (Å²) in [4.78, 5) is 0. The summed E-state index contributed by atoms with van der Waals surface area (Å²) in [6, 6.07) is 6.17. The molecule has 0 aliphatic heterocycles. The van der Waals surface area contributed by atoms with Gasteiger partial charge in [-0.05, 0) is 50.8 Å². The van der Waals surface area contributed by atoms with Gasteiger partial charge >= 0.3 is 0 Å². The molecule has 0 aliphatic carbocycles. The topological polar surface area (TPSA) is 56.7 Å². The number of aromatic nitrogens is 3. The zero-order chi connectivity index (χ0) is 14.8. The molecular formula is C15H21ClN4. The fourth-order valence-corrected chi connectivity index (χ4v) is 2.13. The maximum absolute atomic E-state index is 6.02. The minimum atomic E-state index is -0.439. The fourth-order valence-electron chi connectivity index (χ4n) is 2.01. The molecule has 1 heterocycles. The van der Waals surface area contributed by atoms with Gasteiger partial charge in [-0.15, -0.1) is 5.10 Å². The number of rotatable bonds is 5. The Hall–Kier alpha value is -1.39.